The van der Waals surface area contributed by atoms with E-state index in [4.69, 9.17) is 14.2 Å². The van der Waals surface area contributed by atoms with E-state index in [9.17, 15) is 14.7 Å². The molecule has 2 atom stereocenters. The zero-order chi connectivity index (χ0) is 24.2. The number of methoxy groups -OCH3 is 1. The van der Waals surface area contributed by atoms with Crippen LogP contribution in [0, 0.1) is 0 Å². The van der Waals surface area contributed by atoms with E-state index in [1.54, 1.807) is 19.2 Å². The fourth-order valence-corrected chi connectivity index (χ4v) is 4.48. The number of hydrogen-bond donors (Lipinski definition) is 1. The maximum absolute atomic E-state index is 13.2. The van der Waals surface area contributed by atoms with Crippen LogP contribution in [-0.2, 0) is 20.7 Å². The lowest BCUT2D eigenvalue weighted by molar-refractivity contribution is -0.140. The molecule has 0 spiro atoms. The molecule has 7 nitrogen and oxygen atoms in total. The van der Waals surface area contributed by atoms with Crippen LogP contribution >= 0.6 is 0 Å². The van der Waals surface area contributed by atoms with Gasteiger partial charge in [-0.3, -0.25) is 9.59 Å². The predicted molar refractivity (Wildman–Crippen MR) is 128 cm³/mol. The first-order chi connectivity index (χ1) is 16.4. The van der Waals surface area contributed by atoms with Crippen LogP contribution in [-0.4, -0.2) is 54.7 Å². The standard InChI is InChI=1S/C27H31NO6/c1-4-5-12-33-21-8-6-7-18(16-21)24-23(26(30)27(31)28(24)11-13-32-3)25(29)19-9-10-22-20(15-19)14-17(2)34-22/h6-10,15-17,24,29H,4-5,11-14H2,1-3H3/b25-23+/t17-,24+/m1/s1. The van der Waals surface area contributed by atoms with Gasteiger partial charge in [0.25, 0.3) is 11.7 Å². The molecule has 1 saturated heterocycles. The number of rotatable bonds is 9. The first-order valence-electron chi connectivity index (χ1n) is 11.7. The quantitative estimate of drug-likeness (QED) is 0.258. The van der Waals surface area contributed by atoms with Crippen LogP contribution in [0.3, 0.4) is 0 Å². The van der Waals surface area contributed by atoms with Crippen molar-refractivity contribution < 1.29 is 28.9 Å². The molecule has 2 heterocycles. The summed E-state index contributed by atoms with van der Waals surface area (Å²) < 4.78 is 16.8. The molecule has 4 rings (SSSR count). The van der Waals surface area contributed by atoms with Crippen molar-refractivity contribution in [3.8, 4) is 11.5 Å². The van der Waals surface area contributed by atoms with Gasteiger partial charge in [0.1, 0.15) is 23.4 Å². The molecular weight excluding hydrogens is 434 g/mol. The second kappa shape index (κ2) is 10.3. The summed E-state index contributed by atoms with van der Waals surface area (Å²) >= 11 is 0. The van der Waals surface area contributed by atoms with Crippen LogP contribution in [0.15, 0.2) is 48.0 Å². The predicted octanol–water partition coefficient (Wildman–Crippen LogP) is 4.26. The number of fused-ring (bicyclic) bond motifs is 1. The number of hydrogen-bond acceptors (Lipinski definition) is 6. The van der Waals surface area contributed by atoms with E-state index < -0.39 is 17.7 Å². The molecule has 1 amide bonds. The largest absolute Gasteiger partial charge is 0.507 e. The van der Waals surface area contributed by atoms with Crippen molar-refractivity contribution in [3.05, 3.63) is 64.7 Å². The Balaban J connectivity index is 1.77. The van der Waals surface area contributed by atoms with Gasteiger partial charge in [0.2, 0.25) is 0 Å². The molecule has 0 radical (unpaired) electrons. The van der Waals surface area contributed by atoms with Crippen molar-refractivity contribution in [2.45, 2.75) is 45.3 Å². The number of ether oxygens (including phenoxy) is 3. The Morgan fingerprint density at radius 3 is 2.76 bits per heavy atom. The molecule has 2 aliphatic rings. The van der Waals surface area contributed by atoms with Gasteiger partial charge in [0.15, 0.2) is 0 Å². The summed E-state index contributed by atoms with van der Waals surface area (Å²) in [5.41, 5.74) is 2.22. The van der Waals surface area contributed by atoms with Gasteiger partial charge in [-0.05, 0) is 54.8 Å². The summed E-state index contributed by atoms with van der Waals surface area (Å²) in [4.78, 5) is 27.6. The maximum atomic E-state index is 13.2. The monoisotopic (exact) mass is 465 g/mol. The van der Waals surface area contributed by atoms with Crippen LogP contribution in [0.25, 0.3) is 5.76 Å². The molecule has 2 aromatic carbocycles. The number of aliphatic hydroxyl groups is 1. The number of aliphatic hydroxyl groups excluding tert-OH is 1. The molecule has 2 aliphatic heterocycles. The zero-order valence-corrected chi connectivity index (χ0v) is 19.9. The number of ketones is 1. The fraction of sp³-hybridized carbons (Fsp3) is 0.407. The van der Waals surface area contributed by atoms with Gasteiger partial charge >= 0.3 is 0 Å². The van der Waals surface area contributed by atoms with Gasteiger partial charge < -0.3 is 24.2 Å². The molecule has 0 unspecified atom stereocenters. The summed E-state index contributed by atoms with van der Waals surface area (Å²) in [5, 5.41) is 11.3. The lowest BCUT2D eigenvalue weighted by Crippen LogP contribution is -2.32. The van der Waals surface area contributed by atoms with Crippen molar-refractivity contribution in [1.29, 1.82) is 0 Å². The Labute approximate surface area is 199 Å². The van der Waals surface area contributed by atoms with Crippen LogP contribution in [0.4, 0.5) is 0 Å². The number of amides is 1. The van der Waals surface area contributed by atoms with Gasteiger partial charge in [-0.1, -0.05) is 25.5 Å². The number of nitrogens with zero attached hydrogens (tertiary/aromatic N) is 1. The highest BCUT2D eigenvalue weighted by atomic mass is 16.5. The molecule has 2 aromatic rings. The van der Waals surface area contributed by atoms with Crippen molar-refractivity contribution in [2.75, 3.05) is 26.9 Å². The molecule has 1 N–H and O–H groups in total. The molecule has 1 fully saturated rings. The lowest BCUT2D eigenvalue weighted by atomic mass is 9.94. The van der Waals surface area contributed by atoms with Gasteiger partial charge in [0.05, 0.1) is 24.8 Å². The average Bonchev–Trinajstić information content (AvgIpc) is 3.33. The zero-order valence-electron chi connectivity index (χ0n) is 19.9. The first kappa shape index (κ1) is 23.8. The van der Waals surface area contributed by atoms with E-state index in [0.717, 1.165) is 30.6 Å². The van der Waals surface area contributed by atoms with Crippen LogP contribution in [0.5, 0.6) is 11.5 Å². The summed E-state index contributed by atoms with van der Waals surface area (Å²) in [7, 11) is 1.54. The van der Waals surface area contributed by atoms with Crippen LogP contribution < -0.4 is 9.47 Å². The highest BCUT2D eigenvalue weighted by Crippen LogP contribution is 2.41. The molecule has 0 aromatic heterocycles. The van der Waals surface area contributed by atoms with Crippen LogP contribution in [0.2, 0.25) is 0 Å². The summed E-state index contributed by atoms with van der Waals surface area (Å²) in [5.74, 6) is -0.118. The number of carbonyl (C=O) groups is 2. The number of unbranched alkanes of at least 4 members (excludes halogenated alkanes) is 1. The van der Waals surface area contributed by atoms with Crippen molar-refractivity contribution >= 4 is 17.4 Å². The minimum absolute atomic E-state index is 0.0578. The summed E-state index contributed by atoms with van der Waals surface area (Å²) in [6.07, 6.45) is 2.72. The average molecular weight is 466 g/mol. The normalized spacial score (nSPS) is 21.0. The third kappa shape index (κ3) is 4.66. The van der Waals surface area contributed by atoms with E-state index in [1.165, 1.54) is 4.90 Å². The number of benzene rings is 2. The molecule has 0 saturated carbocycles. The Hall–Kier alpha value is -3.32. The van der Waals surface area contributed by atoms with E-state index in [0.29, 0.717) is 23.5 Å². The van der Waals surface area contributed by atoms with Gasteiger partial charge in [-0.25, -0.2) is 0 Å². The van der Waals surface area contributed by atoms with E-state index in [1.807, 2.05) is 37.3 Å². The molecule has 180 valence electrons. The molecule has 0 aliphatic carbocycles. The lowest BCUT2D eigenvalue weighted by Gasteiger charge is -2.25. The topological polar surface area (TPSA) is 85.3 Å². The fourth-order valence-electron chi connectivity index (χ4n) is 4.48. The molecule has 34 heavy (non-hydrogen) atoms. The van der Waals surface area contributed by atoms with Crippen molar-refractivity contribution in [2.24, 2.45) is 0 Å². The van der Waals surface area contributed by atoms with Crippen LogP contribution in [0.1, 0.15) is 49.4 Å². The third-order valence-corrected chi connectivity index (χ3v) is 6.19. The summed E-state index contributed by atoms with van der Waals surface area (Å²) in [6, 6.07) is 12.0. The number of carbonyl (C=O) groups excluding carboxylic acids is 2. The molecule has 0 bridgehead atoms. The van der Waals surface area contributed by atoms with E-state index in [-0.39, 0.29) is 30.6 Å². The number of likely N-dealkylation sites (tertiary alicyclic amines) is 1. The Bertz CT molecular complexity index is 1110. The molecule has 7 heteroatoms. The second-order valence-corrected chi connectivity index (χ2v) is 8.71. The second-order valence-electron chi connectivity index (χ2n) is 8.71. The first-order valence-corrected chi connectivity index (χ1v) is 11.7. The smallest absolute Gasteiger partial charge is 0.295 e. The Morgan fingerprint density at radius 1 is 1.18 bits per heavy atom. The molecular formula is C27H31NO6. The summed E-state index contributed by atoms with van der Waals surface area (Å²) in [6.45, 7) is 5.15. The highest BCUT2D eigenvalue weighted by Gasteiger charge is 2.46. The SMILES string of the molecule is CCCCOc1cccc([C@H]2/C(=C(\O)c3ccc4c(c3)C[C@@H](C)O4)C(=O)C(=O)N2CCOC)c1. The van der Waals surface area contributed by atoms with Gasteiger partial charge in [0, 0.05) is 25.6 Å². The maximum Gasteiger partial charge on any atom is 0.295 e. The Morgan fingerprint density at radius 2 is 2.00 bits per heavy atom. The third-order valence-electron chi connectivity index (χ3n) is 6.19. The minimum atomic E-state index is -0.742. The van der Waals surface area contributed by atoms with Gasteiger partial charge in [-0.2, -0.15) is 0 Å². The minimum Gasteiger partial charge on any atom is -0.507 e. The van der Waals surface area contributed by atoms with Crippen molar-refractivity contribution in [1.82, 2.24) is 4.90 Å². The van der Waals surface area contributed by atoms with Crippen molar-refractivity contribution in [3.63, 3.8) is 0 Å². The van der Waals surface area contributed by atoms with E-state index in [2.05, 4.69) is 6.92 Å². The van der Waals surface area contributed by atoms with E-state index >= 15 is 0 Å². The highest BCUT2D eigenvalue weighted by molar-refractivity contribution is 6.46. The Kier molecular flexibility index (Phi) is 7.22. The number of Topliss-reactive ketones (excluding diaryl/α,β-unsaturated/α-hetero) is 1. The van der Waals surface area contributed by atoms with Gasteiger partial charge in [-0.15, -0.1) is 0 Å².